The van der Waals surface area contributed by atoms with Crippen LogP contribution >= 0.6 is 0 Å². The Morgan fingerprint density at radius 2 is 2.24 bits per heavy atom. The van der Waals surface area contributed by atoms with Gasteiger partial charge in [-0.15, -0.1) is 0 Å². The fraction of sp³-hybridized carbons (Fsp3) is 0.750. The number of nitrogens with zero attached hydrogens (tertiary/aromatic N) is 2. The summed E-state index contributed by atoms with van der Waals surface area (Å²) in [4.78, 5) is 15.8. The van der Waals surface area contributed by atoms with E-state index in [1.807, 2.05) is 13.4 Å². The van der Waals surface area contributed by atoms with Gasteiger partial charge >= 0.3 is 5.97 Å². The first-order valence-electron chi connectivity index (χ1n) is 8.10. The minimum atomic E-state index is -0.710. The van der Waals surface area contributed by atoms with Gasteiger partial charge in [0.1, 0.15) is 0 Å². The van der Waals surface area contributed by atoms with Gasteiger partial charge in [-0.2, -0.15) is 0 Å². The molecule has 21 heavy (non-hydrogen) atoms. The first kappa shape index (κ1) is 16.0. The Kier molecular flexibility index (Phi) is 6.23. The summed E-state index contributed by atoms with van der Waals surface area (Å²) < 4.78 is 2.20. The first-order chi connectivity index (χ1) is 10.2. The van der Waals surface area contributed by atoms with Crippen molar-refractivity contribution in [1.82, 2.24) is 14.9 Å². The summed E-state index contributed by atoms with van der Waals surface area (Å²) in [5.74, 6) is -1.04. The van der Waals surface area contributed by atoms with Crippen LogP contribution in [-0.2, 0) is 11.2 Å². The van der Waals surface area contributed by atoms with E-state index in [0.29, 0.717) is 18.9 Å². The molecule has 1 fully saturated rings. The largest absolute Gasteiger partial charge is 0.481 e. The predicted molar refractivity (Wildman–Crippen MR) is 82.3 cm³/mol. The van der Waals surface area contributed by atoms with E-state index in [0.717, 1.165) is 18.7 Å². The summed E-state index contributed by atoms with van der Waals surface area (Å²) in [6, 6.07) is 0.563. The van der Waals surface area contributed by atoms with E-state index in [1.54, 1.807) is 0 Å². The van der Waals surface area contributed by atoms with E-state index in [4.69, 9.17) is 0 Å². The number of imidazole rings is 1. The minimum Gasteiger partial charge on any atom is -0.481 e. The Balaban J connectivity index is 1.91. The minimum absolute atomic E-state index is 0.326. The van der Waals surface area contributed by atoms with E-state index in [-0.39, 0.29) is 5.92 Å². The van der Waals surface area contributed by atoms with Gasteiger partial charge in [-0.1, -0.05) is 19.3 Å². The van der Waals surface area contributed by atoms with Gasteiger partial charge in [-0.3, -0.25) is 4.79 Å². The third-order valence-corrected chi connectivity index (χ3v) is 4.44. The quantitative estimate of drug-likeness (QED) is 0.723. The van der Waals surface area contributed by atoms with Crippen molar-refractivity contribution in [2.45, 2.75) is 57.4 Å². The highest BCUT2D eigenvalue weighted by Crippen LogP contribution is 2.28. The van der Waals surface area contributed by atoms with Gasteiger partial charge < -0.3 is 15.0 Å². The van der Waals surface area contributed by atoms with E-state index >= 15 is 0 Å². The Bertz CT molecular complexity index is 438. The SMILES string of the molecule is CNCCCC(Cc1cn(C2CCCCC2)cn1)C(=O)O. The molecular weight excluding hydrogens is 266 g/mol. The van der Waals surface area contributed by atoms with Gasteiger partial charge in [-0.05, 0) is 39.3 Å². The molecule has 0 bridgehead atoms. The van der Waals surface area contributed by atoms with Crippen LogP contribution in [0.15, 0.2) is 12.5 Å². The number of rotatable bonds is 8. The number of hydrogen-bond donors (Lipinski definition) is 2. The highest BCUT2D eigenvalue weighted by Gasteiger charge is 2.20. The van der Waals surface area contributed by atoms with Gasteiger partial charge in [-0.25, -0.2) is 4.98 Å². The fourth-order valence-electron chi connectivity index (χ4n) is 3.15. The molecule has 1 heterocycles. The lowest BCUT2D eigenvalue weighted by Gasteiger charge is -2.22. The third-order valence-electron chi connectivity index (χ3n) is 4.44. The maximum absolute atomic E-state index is 11.4. The molecule has 0 aromatic carbocycles. The second-order valence-electron chi connectivity index (χ2n) is 6.09. The molecule has 0 amide bonds. The number of aliphatic carboxylic acids is 1. The van der Waals surface area contributed by atoms with Gasteiger partial charge in [0.25, 0.3) is 0 Å². The van der Waals surface area contributed by atoms with Crippen molar-refractivity contribution in [3.8, 4) is 0 Å². The Labute approximate surface area is 126 Å². The zero-order chi connectivity index (χ0) is 15.1. The molecule has 1 aromatic heterocycles. The number of aromatic nitrogens is 2. The summed E-state index contributed by atoms with van der Waals surface area (Å²) in [6.07, 6.45) is 12.4. The topological polar surface area (TPSA) is 67.2 Å². The monoisotopic (exact) mass is 293 g/mol. The lowest BCUT2D eigenvalue weighted by atomic mass is 9.95. The second kappa shape index (κ2) is 8.17. The van der Waals surface area contributed by atoms with Crippen LogP contribution in [0.5, 0.6) is 0 Å². The lowest BCUT2D eigenvalue weighted by Crippen LogP contribution is -2.19. The summed E-state index contributed by atoms with van der Waals surface area (Å²) in [5, 5.41) is 12.4. The van der Waals surface area contributed by atoms with Crippen molar-refractivity contribution in [1.29, 1.82) is 0 Å². The molecule has 0 aliphatic heterocycles. The van der Waals surface area contributed by atoms with Crippen molar-refractivity contribution in [3.63, 3.8) is 0 Å². The fourth-order valence-corrected chi connectivity index (χ4v) is 3.15. The summed E-state index contributed by atoms with van der Waals surface area (Å²) >= 11 is 0. The molecule has 2 N–H and O–H groups in total. The Morgan fingerprint density at radius 3 is 2.90 bits per heavy atom. The number of hydrogen-bond acceptors (Lipinski definition) is 3. The van der Waals surface area contributed by atoms with Crippen LogP contribution in [-0.4, -0.2) is 34.2 Å². The lowest BCUT2D eigenvalue weighted by molar-refractivity contribution is -0.142. The Hall–Kier alpha value is -1.36. The summed E-state index contributed by atoms with van der Waals surface area (Å²) in [5.41, 5.74) is 0.914. The third kappa shape index (κ3) is 4.84. The molecule has 1 atom stereocenters. The molecule has 5 nitrogen and oxygen atoms in total. The zero-order valence-electron chi connectivity index (χ0n) is 12.9. The van der Waals surface area contributed by atoms with Gasteiger partial charge in [0.05, 0.1) is 17.9 Å². The molecule has 1 aromatic rings. The average Bonchev–Trinajstić information content (AvgIpc) is 2.96. The van der Waals surface area contributed by atoms with E-state index in [2.05, 4.69) is 21.1 Å². The van der Waals surface area contributed by atoms with Crippen LogP contribution in [0.3, 0.4) is 0 Å². The van der Waals surface area contributed by atoms with Gasteiger partial charge in [0.15, 0.2) is 0 Å². The van der Waals surface area contributed by atoms with Crippen molar-refractivity contribution >= 4 is 5.97 Å². The van der Waals surface area contributed by atoms with Crippen LogP contribution in [0, 0.1) is 5.92 Å². The molecule has 0 saturated heterocycles. The van der Waals surface area contributed by atoms with Crippen molar-refractivity contribution in [3.05, 3.63) is 18.2 Å². The highest BCUT2D eigenvalue weighted by molar-refractivity contribution is 5.70. The van der Waals surface area contributed by atoms with Crippen LogP contribution in [0.2, 0.25) is 0 Å². The molecule has 1 aliphatic carbocycles. The molecule has 2 rings (SSSR count). The smallest absolute Gasteiger partial charge is 0.306 e. The first-order valence-corrected chi connectivity index (χ1v) is 8.10. The maximum Gasteiger partial charge on any atom is 0.306 e. The molecule has 5 heteroatoms. The number of carboxylic acid groups (broad SMARTS) is 1. The second-order valence-corrected chi connectivity index (χ2v) is 6.09. The zero-order valence-corrected chi connectivity index (χ0v) is 12.9. The van der Waals surface area contributed by atoms with E-state index in [1.165, 1.54) is 32.1 Å². The number of carboxylic acids is 1. The normalized spacial score (nSPS) is 17.8. The van der Waals surface area contributed by atoms with Crippen LogP contribution in [0.25, 0.3) is 0 Å². The highest BCUT2D eigenvalue weighted by atomic mass is 16.4. The Morgan fingerprint density at radius 1 is 1.48 bits per heavy atom. The van der Waals surface area contributed by atoms with Crippen molar-refractivity contribution in [2.24, 2.45) is 5.92 Å². The molecular formula is C16H27N3O2. The average molecular weight is 293 g/mol. The number of nitrogens with one attached hydrogen (secondary N) is 1. The molecule has 118 valence electrons. The van der Waals surface area contributed by atoms with Gasteiger partial charge in [0.2, 0.25) is 0 Å². The van der Waals surface area contributed by atoms with E-state index in [9.17, 15) is 9.90 Å². The maximum atomic E-state index is 11.4. The van der Waals surface area contributed by atoms with Crippen molar-refractivity contribution in [2.75, 3.05) is 13.6 Å². The molecule has 0 spiro atoms. The standard InChI is InChI=1S/C16H27N3O2/c1-17-9-5-6-13(16(20)21)10-14-11-19(12-18-14)15-7-3-2-4-8-15/h11-13,15,17H,2-10H2,1H3,(H,20,21). The van der Waals surface area contributed by atoms with Crippen LogP contribution in [0.1, 0.15) is 56.7 Å². The molecule has 1 unspecified atom stereocenters. The molecule has 0 radical (unpaired) electrons. The predicted octanol–water partition coefficient (Wildman–Crippen LogP) is 2.63. The number of carbonyl (C=O) groups is 1. The van der Waals surface area contributed by atoms with Crippen LogP contribution in [0.4, 0.5) is 0 Å². The van der Waals surface area contributed by atoms with Gasteiger partial charge in [0, 0.05) is 18.7 Å². The summed E-state index contributed by atoms with van der Waals surface area (Å²) in [7, 11) is 1.89. The molecule has 1 aliphatic rings. The van der Waals surface area contributed by atoms with E-state index < -0.39 is 5.97 Å². The summed E-state index contributed by atoms with van der Waals surface area (Å²) in [6.45, 7) is 0.861. The van der Waals surface area contributed by atoms with Crippen molar-refractivity contribution < 1.29 is 9.90 Å². The van der Waals surface area contributed by atoms with Crippen LogP contribution < -0.4 is 5.32 Å². The molecule has 1 saturated carbocycles.